The number of carboxylic acid groups (broad SMARTS) is 1. The van der Waals surface area contributed by atoms with Crippen LogP contribution < -0.4 is 86.0 Å². The van der Waals surface area contributed by atoms with Crippen molar-refractivity contribution in [2.75, 3.05) is 0 Å². The van der Waals surface area contributed by atoms with E-state index in [4.69, 9.17) is 9.90 Å². The van der Waals surface area contributed by atoms with E-state index in [1.165, 1.54) is 0 Å². The third-order valence-electron chi connectivity index (χ3n) is 0. The van der Waals surface area contributed by atoms with Crippen LogP contribution >= 0.6 is 0 Å². The summed E-state index contributed by atoms with van der Waals surface area (Å²) in [5.74, 6) is 0. The Hall–Kier alpha value is 2.11. The minimum Gasteiger partial charge on any atom is -1.00 e. The summed E-state index contributed by atoms with van der Waals surface area (Å²) >= 11 is 0. The molecule has 0 aliphatic rings. The van der Waals surface area contributed by atoms with Gasteiger partial charge in [-0.25, -0.2) is 0 Å². The largest absolute Gasteiger partial charge is 1.00 e. The Morgan fingerprint density at radius 2 is 1.80 bits per heavy atom. The average molecular weight is 108 g/mol. The van der Waals surface area contributed by atoms with Gasteiger partial charge in [0.05, 0.1) is 0 Å². The summed E-state index contributed by atoms with van der Waals surface area (Å²) in [5.41, 5.74) is 0. The number of carbonyl (C=O) groups excluding carboxylic acids is 1. The molecule has 0 aliphatic heterocycles. The Morgan fingerprint density at radius 3 is 1.80 bits per heavy atom. The summed E-state index contributed by atoms with van der Waals surface area (Å²) in [4.78, 5) is 8.25. The smallest absolute Gasteiger partial charge is 1.00 e. The van der Waals surface area contributed by atoms with Gasteiger partial charge in [0.15, 0.2) is 0 Å². The van der Waals surface area contributed by atoms with Crippen molar-refractivity contribution in [1.82, 2.24) is 0 Å². The zero-order valence-corrected chi connectivity index (χ0v) is 8.52. The molecular formula is CH2KNaO2. The number of hydrogen-bond acceptors (Lipinski definition) is 2. The van der Waals surface area contributed by atoms with E-state index >= 15 is 0 Å². The maximum Gasteiger partial charge on any atom is 1.00 e. The van der Waals surface area contributed by atoms with Gasteiger partial charge in [0.1, 0.15) is 0 Å². The van der Waals surface area contributed by atoms with Crippen molar-refractivity contribution >= 4 is 6.47 Å². The second-order valence-corrected chi connectivity index (χ2v) is 0.0962. The van der Waals surface area contributed by atoms with Gasteiger partial charge < -0.3 is 11.3 Å². The van der Waals surface area contributed by atoms with Gasteiger partial charge in [-0.1, -0.05) is 0 Å². The second kappa shape index (κ2) is 16.5. The van der Waals surface area contributed by atoms with Crippen LogP contribution in [0.4, 0.5) is 0 Å². The van der Waals surface area contributed by atoms with E-state index in [9.17, 15) is 0 Å². The average Bonchev–Trinajstić information content (AvgIpc) is 0.918. The molecule has 0 aromatic heterocycles. The summed E-state index contributed by atoms with van der Waals surface area (Å²) < 4.78 is 0. The molecule has 20 valence electrons. The third kappa shape index (κ3) is 23.2. The van der Waals surface area contributed by atoms with E-state index in [1.54, 1.807) is 0 Å². The van der Waals surface area contributed by atoms with Crippen LogP contribution in [-0.2, 0) is 4.79 Å². The summed E-state index contributed by atoms with van der Waals surface area (Å²) in [5, 5.41) is 8.25. The number of rotatable bonds is 0. The van der Waals surface area contributed by atoms with Crippen LogP contribution in [0.5, 0.6) is 0 Å². The standard InChI is InChI=1S/CH2O2.K.Na.H/c2-1-3;;;/h1H,(H,2,3);;;/q;2*+1;-1/p-1. The zero-order chi connectivity index (χ0) is 2.71. The minimum absolute atomic E-state index is 0. The molecule has 0 heterocycles. The fourth-order valence-corrected chi connectivity index (χ4v) is 0. The Balaban J connectivity index is -0.00000000667. The van der Waals surface area contributed by atoms with Crippen LogP contribution in [0.15, 0.2) is 0 Å². The van der Waals surface area contributed by atoms with E-state index in [1.807, 2.05) is 0 Å². The molecule has 4 heteroatoms. The molecule has 0 spiro atoms. The Labute approximate surface area is 96.5 Å². The summed E-state index contributed by atoms with van der Waals surface area (Å²) in [6, 6.07) is 0. The van der Waals surface area contributed by atoms with Gasteiger partial charge in [0.25, 0.3) is 0 Å². The Bertz CT molecular complexity index is 21.0. The van der Waals surface area contributed by atoms with E-state index in [2.05, 4.69) is 0 Å². The van der Waals surface area contributed by atoms with E-state index in [-0.39, 0.29) is 82.4 Å². The molecule has 0 fully saturated rings. The van der Waals surface area contributed by atoms with Crippen molar-refractivity contribution in [3.8, 4) is 0 Å². The summed E-state index contributed by atoms with van der Waals surface area (Å²) in [6.07, 6.45) is 0. The van der Waals surface area contributed by atoms with Crippen molar-refractivity contribution in [2.45, 2.75) is 0 Å². The SMILES string of the molecule is O=C[O-].[H-].[K+].[Na+]. The monoisotopic (exact) mass is 108 g/mol. The van der Waals surface area contributed by atoms with Crippen molar-refractivity contribution in [2.24, 2.45) is 0 Å². The molecule has 0 aromatic rings. The van der Waals surface area contributed by atoms with Gasteiger partial charge in [0.2, 0.25) is 0 Å². The van der Waals surface area contributed by atoms with Gasteiger partial charge in [-0.3, -0.25) is 0 Å². The minimum atomic E-state index is -0.500. The molecule has 5 heavy (non-hydrogen) atoms. The molecular weight excluding hydrogens is 106 g/mol. The summed E-state index contributed by atoms with van der Waals surface area (Å²) in [6.45, 7) is -0.500. The first kappa shape index (κ1) is 15.7. The maximum absolute atomic E-state index is 8.25. The van der Waals surface area contributed by atoms with Crippen LogP contribution in [-0.4, -0.2) is 6.47 Å². The molecule has 0 aliphatic carbocycles. The fraction of sp³-hybridized carbons (Fsp3) is 0. The van der Waals surface area contributed by atoms with Gasteiger partial charge in [-0.15, -0.1) is 0 Å². The zero-order valence-electron chi connectivity index (χ0n) is 4.39. The van der Waals surface area contributed by atoms with Crippen LogP contribution in [0.1, 0.15) is 1.43 Å². The first-order valence-electron chi connectivity index (χ1n) is 0.471. The van der Waals surface area contributed by atoms with Gasteiger partial charge in [0, 0.05) is 6.47 Å². The topological polar surface area (TPSA) is 40.1 Å². The number of hydrogen-bond donors (Lipinski definition) is 0. The van der Waals surface area contributed by atoms with Crippen LogP contribution in [0, 0.1) is 0 Å². The molecule has 0 N–H and O–H groups in total. The maximum atomic E-state index is 8.25. The Morgan fingerprint density at radius 1 is 1.80 bits per heavy atom. The molecule has 0 unspecified atom stereocenters. The summed E-state index contributed by atoms with van der Waals surface area (Å²) in [7, 11) is 0. The normalized spacial score (nSPS) is 2.40. The predicted octanol–water partition coefficient (Wildman–Crippen LogP) is -7.51. The van der Waals surface area contributed by atoms with Gasteiger partial charge in [-0.2, -0.15) is 0 Å². The predicted molar refractivity (Wildman–Crippen MR) is 7.18 cm³/mol. The quantitative estimate of drug-likeness (QED) is 0.228. The Kier molecular flexibility index (Phi) is 51.9. The van der Waals surface area contributed by atoms with Crippen molar-refractivity contribution in [3.63, 3.8) is 0 Å². The molecule has 2 nitrogen and oxygen atoms in total. The van der Waals surface area contributed by atoms with E-state index < -0.39 is 6.47 Å². The van der Waals surface area contributed by atoms with Gasteiger partial charge in [-0.05, 0) is 0 Å². The van der Waals surface area contributed by atoms with E-state index in [0.717, 1.165) is 0 Å². The first-order valence-corrected chi connectivity index (χ1v) is 0.471. The molecule has 0 amide bonds. The molecule has 0 aromatic carbocycles. The molecule has 0 radical (unpaired) electrons. The molecule has 0 saturated carbocycles. The second-order valence-electron chi connectivity index (χ2n) is 0.0962. The van der Waals surface area contributed by atoms with Crippen molar-refractivity contribution < 1.29 is 92.3 Å². The molecule has 0 bridgehead atoms. The third-order valence-corrected chi connectivity index (χ3v) is 0. The molecule has 0 saturated heterocycles. The fourth-order valence-electron chi connectivity index (χ4n) is 0. The van der Waals surface area contributed by atoms with E-state index in [0.29, 0.717) is 0 Å². The van der Waals surface area contributed by atoms with Crippen LogP contribution in [0.3, 0.4) is 0 Å². The van der Waals surface area contributed by atoms with Crippen molar-refractivity contribution in [1.29, 1.82) is 0 Å². The first-order chi connectivity index (χ1) is 1.41. The molecule has 0 atom stereocenters. The number of carbonyl (C=O) groups is 1. The van der Waals surface area contributed by atoms with Crippen molar-refractivity contribution in [3.05, 3.63) is 0 Å². The van der Waals surface area contributed by atoms with Gasteiger partial charge >= 0.3 is 80.9 Å². The molecule has 0 rings (SSSR count). The van der Waals surface area contributed by atoms with Crippen LogP contribution in [0.25, 0.3) is 0 Å². The van der Waals surface area contributed by atoms with Crippen LogP contribution in [0.2, 0.25) is 0 Å².